The van der Waals surface area contributed by atoms with E-state index in [0.717, 1.165) is 48.6 Å². The highest BCUT2D eigenvalue weighted by atomic mass is 32.1. The molecule has 0 spiro atoms. The van der Waals surface area contributed by atoms with Gasteiger partial charge in [0, 0.05) is 43.6 Å². The number of aryl methyl sites for hydroxylation is 1. The van der Waals surface area contributed by atoms with Crippen LogP contribution in [0.5, 0.6) is 0 Å². The van der Waals surface area contributed by atoms with E-state index in [0.29, 0.717) is 6.04 Å². The maximum absolute atomic E-state index is 4.45. The van der Waals surface area contributed by atoms with Gasteiger partial charge in [0.1, 0.15) is 17.0 Å². The number of anilines is 1. The molecule has 0 aliphatic carbocycles. The first kappa shape index (κ1) is 16.6. The van der Waals surface area contributed by atoms with E-state index in [2.05, 4.69) is 51.9 Å². The quantitative estimate of drug-likeness (QED) is 0.880. The molecule has 0 saturated carbocycles. The number of thiophene rings is 1. The molecule has 3 heterocycles. The predicted octanol–water partition coefficient (Wildman–Crippen LogP) is 2.69. The van der Waals surface area contributed by atoms with E-state index in [4.69, 9.17) is 0 Å². The van der Waals surface area contributed by atoms with Crippen LogP contribution in [0.3, 0.4) is 0 Å². The molecule has 3 rings (SSSR count). The summed E-state index contributed by atoms with van der Waals surface area (Å²) in [5.41, 5.74) is 0. The van der Waals surface area contributed by atoms with Crippen molar-refractivity contribution in [1.29, 1.82) is 0 Å². The third kappa shape index (κ3) is 3.82. The van der Waals surface area contributed by atoms with Crippen LogP contribution in [0.4, 0.5) is 5.82 Å². The minimum Gasteiger partial charge on any atom is -0.368 e. The molecule has 0 bridgehead atoms. The number of hydrogen-bond donors (Lipinski definition) is 1. The summed E-state index contributed by atoms with van der Waals surface area (Å²) in [5.74, 6) is 0.977. The molecule has 126 valence electrons. The molecule has 1 N–H and O–H groups in total. The Bertz CT molecular complexity index is 633. The maximum atomic E-state index is 4.45. The van der Waals surface area contributed by atoms with Crippen LogP contribution in [0.25, 0.3) is 10.2 Å². The van der Waals surface area contributed by atoms with Crippen molar-refractivity contribution >= 4 is 27.4 Å². The fraction of sp³-hybridized carbons (Fsp3) is 0.647. The molecule has 1 aliphatic heterocycles. The Morgan fingerprint density at radius 2 is 2.00 bits per heavy atom. The first-order valence-electron chi connectivity index (χ1n) is 8.65. The number of likely N-dealkylation sites (N-methyl/N-ethyl adjacent to an activating group) is 1. The molecule has 1 saturated heterocycles. The smallest absolute Gasteiger partial charge is 0.138 e. The van der Waals surface area contributed by atoms with E-state index < -0.39 is 0 Å². The third-order valence-electron chi connectivity index (χ3n) is 4.77. The van der Waals surface area contributed by atoms with Crippen molar-refractivity contribution in [3.63, 3.8) is 0 Å². The van der Waals surface area contributed by atoms with E-state index in [1.165, 1.54) is 18.0 Å². The average molecular weight is 334 g/mol. The summed E-state index contributed by atoms with van der Waals surface area (Å²) < 4.78 is 0. The fourth-order valence-electron chi connectivity index (χ4n) is 3.11. The van der Waals surface area contributed by atoms with Crippen molar-refractivity contribution in [3.8, 4) is 0 Å². The summed E-state index contributed by atoms with van der Waals surface area (Å²) >= 11 is 1.77. The lowest BCUT2D eigenvalue weighted by Gasteiger charge is -2.37. The lowest BCUT2D eigenvalue weighted by molar-refractivity contribution is 0.110. The largest absolute Gasteiger partial charge is 0.368 e. The standard InChI is InChI=1S/C17H27N5S/c1-4-14-10-15-16(19-12-20-17(15)23-14)18-11-13(3)22-8-6-21(5-2)7-9-22/h10,12-13H,4-9,11H2,1-3H3,(H,18,19,20). The number of piperazine rings is 1. The Morgan fingerprint density at radius 1 is 1.22 bits per heavy atom. The van der Waals surface area contributed by atoms with Gasteiger partial charge in [0.15, 0.2) is 0 Å². The molecule has 0 radical (unpaired) electrons. The molecule has 6 heteroatoms. The van der Waals surface area contributed by atoms with Gasteiger partial charge in [-0.1, -0.05) is 13.8 Å². The highest BCUT2D eigenvalue weighted by molar-refractivity contribution is 7.18. The first-order chi connectivity index (χ1) is 11.2. The van der Waals surface area contributed by atoms with E-state index in [1.54, 1.807) is 17.7 Å². The zero-order valence-electron chi connectivity index (χ0n) is 14.4. The van der Waals surface area contributed by atoms with Gasteiger partial charge in [-0.15, -0.1) is 11.3 Å². The van der Waals surface area contributed by atoms with E-state index in [9.17, 15) is 0 Å². The number of nitrogens with one attached hydrogen (secondary N) is 1. The van der Waals surface area contributed by atoms with Gasteiger partial charge in [0.2, 0.25) is 0 Å². The van der Waals surface area contributed by atoms with Crippen LogP contribution in [0, 0.1) is 0 Å². The van der Waals surface area contributed by atoms with Crippen LogP contribution in [0.1, 0.15) is 25.6 Å². The highest BCUT2D eigenvalue weighted by Gasteiger charge is 2.20. The predicted molar refractivity (Wildman–Crippen MR) is 98.4 cm³/mol. The SMILES string of the molecule is CCc1cc2c(NCC(C)N3CCN(CC)CC3)ncnc2s1. The molecule has 5 nitrogen and oxygen atoms in total. The van der Waals surface area contributed by atoms with Gasteiger partial charge < -0.3 is 10.2 Å². The Labute approximate surface area is 142 Å². The summed E-state index contributed by atoms with van der Waals surface area (Å²) in [6, 6.07) is 2.75. The third-order valence-corrected chi connectivity index (χ3v) is 5.96. The topological polar surface area (TPSA) is 44.3 Å². The molecule has 1 fully saturated rings. The highest BCUT2D eigenvalue weighted by Crippen LogP contribution is 2.28. The monoisotopic (exact) mass is 333 g/mol. The molecule has 0 amide bonds. The van der Waals surface area contributed by atoms with E-state index >= 15 is 0 Å². The number of aromatic nitrogens is 2. The van der Waals surface area contributed by atoms with Crippen LogP contribution >= 0.6 is 11.3 Å². The maximum Gasteiger partial charge on any atom is 0.138 e. The minimum atomic E-state index is 0.517. The van der Waals surface area contributed by atoms with Crippen LogP contribution in [-0.4, -0.2) is 65.1 Å². The van der Waals surface area contributed by atoms with Crippen molar-refractivity contribution in [2.45, 2.75) is 33.2 Å². The van der Waals surface area contributed by atoms with Gasteiger partial charge in [0.25, 0.3) is 0 Å². The molecule has 0 aromatic carbocycles. The summed E-state index contributed by atoms with van der Waals surface area (Å²) in [4.78, 5) is 16.4. The first-order valence-corrected chi connectivity index (χ1v) is 9.46. The Morgan fingerprint density at radius 3 is 2.70 bits per heavy atom. The van der Waals surface area contributed by atoms with Gasteiger partial charge in [0.05, 0.1) is 5.39 Å². The second-order valence-electron chi connectivity index (χ2n) is 6.21. The van der Waals surface area contributed by atoms with Crippen molar-refractivity contribution in [2.24, 2.45) is 0 Å². The van der Waals surface area contributed by atoms with Crippen molar-refractivity contribution in [2.75, 3.05) is 44.6 Å². The van der Waals surface area contributed by atoms with Crippen LogP contribution in [0.2, 0.25) is 0 Å². The van der Waals surface area contributed by atoms with Gasteiger partial charge in [-0.3, -0.25) is 4.90 Å². The second kappa shape index (κ2) is 7.55. The number of hydrogen-bond acceptors (Lipinski definition) is 6. The van der Waals surface area contributed by atoms with Gasteiger partial charge in [-0.2, -0.15) is 0 Å². The lowest BCUT2D eigenvalue weighted by Crippen LogP contribution is -2.51. The summed E-state index contributed by atoms with van der Waals surface area (Å²) in [6.07, 6.45) is 2.73. The van der Waals surface area contributed by atoms with Crippen LogP contribution in [-0.2, 0) is 6.42 Å². The molecule has 2 aromatic rings. The number of nitrogens with zero attached hydrogens (tertiary/aromatic N) is 4. The Balaban J connectivity index is 1.61. The number of rotatable bonds is 6. The average Bonchev–Trinajstić information content (AvgIpc) is 3.03. The second-order valence-corrected chi connectivity index (χ2v) is 7.32. The van der Waals surface area contributed by atoms with E-state index in [1.807, 2.05) is 0 Å². The minimum absolute atomic E-state index is 0.517. The zero-order valence-corrected chi connectivity index (χ0v) is 15.2. The van der Waals surface area contributed by atoms with Crippen molar-refractivity contribution in [1.82, 2.24) is 19.8 Å². The Hall–Kier alpha value is -1.24. The van der Waals surface area contributed by atoms with Gasteiger partial charge >= 0.3 is 0 Å². The molecule has 1 atom stereocenters. The lowest BCUT2D eigenvalue weighted by atomic mass is 10.2. The summed E-state index contributed by atoms with van der Waals surface area (Å²) in [5, 5.41) is 4.71. The van der Waals surface area contributed by atoms with Crippen LogP contribution in [0.15, 0.2) is 12.4 Å². The molecule has 1 unspecified atom stereocenters. The van der Waals surface area contributed by atoms with Gasteiger partial charge in [-0.05, 0) is 26.0 Å². The van der Waals surface area contributed by atoms with Crippen molar-refractivity contribution in [3.05, 3.63) is 17.3 Å². The normalized spacial score (nSPS) is 18.4. The molecular formula is C17H27N5S. The molecule has 2 aromatic heterocycles. The van der Waals surface area contributed by atoms with E-state index in [-0.39, 0.29) is 0 Å². The Kier molecular flexibility index (Phi) is 5.46. The zero-order chi connectivity index (χ0) is 16.2. The van der Waals surface area contributed by atoms with Crippen LogP contribution < -0.4 is 5.32 Å². The van der Waals surface area contributed by atoms with Gasteiger partial charge in [-0.25, -0.2) is 9.97 Å². The molecule has 1 aliphatic rings. The van der Waals surface area contributed by atoms with Crippen molar-refractivity contribution < 1.29 is 0 Å². The fourth-order valence-corrected chi connectivity index (χ4v) is 4.05. The molecular weight excluding hydrogens is 306 g/mol. The summed E-state index contributed by atoms with van der Waals surface area (Å²) in [6.45, 7) is 13.5. The number of fused-ring (bicyclic) bond motifs is 1. The molecule has 23 heavy (non-hydrogen) atoms. The summed E-state index contributed by atoms with van der Waals surface area (Å²) in [7, 11) is 0.